The molecule has 0 aromatic heterocycles. The van der Waals surface area contributed by atoms with Gasteiger partial charge in [0.1, 0.15) is 18.1 Å². The lowest BCUT2D eigenvalue weighted by atomic mass is 10.2. The van der Waals surface area contributed by atoms with Crippen molar-refractivity contribution in [3.8, 4) is 11.5 Å². The van der Waals surface area contributed by atoms with Crippen LogP contribution in [0.25, 0.3) is 0 Å². The van der Waals surface area contributed by atoms with Gasteiger partial charge in [-0.3, -0.25) is 4.79 Å². The normalized spacial score (nSPS) is 11.6. The maximum atomic E-state index is 12.2. The van der Waals surface area contributed by atoms with Gasteiger partial charge < -0.3 is 14.8 Å². The summed E-state index contributed by atoms with van der Waals surface area (Å²) in [6.07, 6.45) is -0.0600. The topological polar surface area (TPSA) is 47.6 Å². The van der Waals surface area contributed by atoms with Crippen LogP contribution in [0.4, 0.5) is 0 Å². The van der Waals surface area contributed by atoms with Gasteiger partial charge in [0, 0.05) is 5.02 Å². The molecule has 0 fully saturated rings. The number of hydrogen-bond acceptors (Lipinski definition) is 3. The van der Waals surface area contributed by atoms with Gasteiger partial charge in [0.05, 0.1) is 11.6 Å². The Bertz CT molecular complexity index is 662. The first-order chi connectivity index (χ1) is 11.6. The standard InChI is InChI=1S/C18H19Cl2NO3/c1-2-16(24-17-6-4-3-5-15(17)20)18(22)21-11-12-23-14-9-7-13(19)8-10-14/h3-10,16H,2,11-12H2,1H3,(H,21,22)/t16-/m1/s1. The molecule has 2 aromatic rings. The minimum Gasteiger partial charge on any atom is -0.492 e. The summed E-state index contributed by atoms with van der Waals surface area (Å²) in [5.74, 6) is 1.00. The lowest BCUT2D eigenvalue weighted by molar-refractivity contribution is -0.128. The lowest BCUT2D eigenvalue weighted by Crippen LogP contribution is -2.39. The van der Waals surface area contributed by atoms with E-state index < -0.39 is 6.10 Å². The summed E-state index contributed by atoms with van der Waals surface area (Å²) in [5.41, 5.74) is 0. The van der Waals surface area contributed by atoms with E-state index >= 15 is 0 Å². The maximum absolute atomic E-state index is 12.2. The Morgan fingerprint density at radius 1 is 1.12 bits per heavy atom. The van der Waals surface area contributed by atoms with Crippen molar-refractivity contribution >= 4 is 29.1 Å². The molecule has 1 N–H and O–H groups in total. The fraction of sp³-hybridized carbons (Fsp3) is 0.278. The average molecular weight is 368 g/mol. The molecule has 0 unspecified atom stereocenters. The van der Waals surface area contributed by atoms with Crippen molar-refractivity contribution in [2.75, 3.05) is 13.2 Å². The Labute approximate surface area is 151 Å². The number of ether oxygens (including phenoxy) is 2. The summed E-state index contributed by atoms with van der Waals surface area (Å²) in [5, 5.41) is 3.93. The summed E-state index contributed by atoms with van der Waals surface area (Å²) in [6, 6.07) is 14.1. The van der Waals surface area contributed by atoms with Gasteiger partial charge in [0.15, 0.2) is 6.10 Å². The number of rotatable bonds is 8. The van der Waals surface area contributed by atoms with Crippen molar-refractivity contribution < 1.29 is 14.3 Å². The second-order valence-corrected chi connectivity index (χ2v) is 5.88. The second-order valence-electron chi connectivity index (χ2n) is 5.04. The Morgan fingerprint density at radius 3 is 2.50 bits per heavy atom. The monoisotopic (exact) mass is 367 g/mol. The molecule has 6 heteroatoms. The molecule has 2 rings (SSSR count). The lowest BCUT2D eigenvalue weighted by Gasteiger charge is -2.18. The Balaban J connectivity index is 1.77. The first-order valence-corrected chi connectivity index (χ1v) is 8.43. The largest absolute Gasteiger partial charge is 0.492 e. The van der Waals surface area contributed by atoms with Crippen LogP contribution in [0.3, 0.4) is 0 Å². The van der Waals surface area contributed by atoms with E-state index in [-0.39, 0.29) is 5.91 Å². The zero-order valence-electron chi connectivity index (χ0n) is 13.3. The van der Waals surface area contributed by atoms with Crippen LogP contribution in [-0.4, -0.2) is 25.2 Å². The van der Waals surface area contributed by atoms with Gasteiger partial charge in [-0.15, -0.1) is 0 Å². The van der Waals surface area contributed by atoms with E-state index in [4.69, 9.17) is 32.7 Å². The minimum absolute atomic E-state index is 0.197. The van der Waals surface area contributed by atoms with Crippen LogP contribution < -0.4 is 14.8 Å². The van der Waals surface area contributed by atoms with E-state index in [0.29, 0.717) is 41.1 Å². The third kappa shape index (κ3) is 5.62. The van der Waals surface area contributed by atoms with Crippen molar-refractivity contribution in [2.24, 2.45) is 0 Å². The van der Waals surface area contributed by atoms with Crippen molar-refractivity contribution in [1.82, 2.24) is 5.32 Å². The minimum atomic E-state index is -0.597. The van der Waals surface area contributed by atoms with Crippen molar-refractivity contribution in [3.63, 3.8) is 0 Å². The zero-order valence-corrected chi connectivity index (χ0v) is 14.8. The predicted molar refractivity (Wildman–Crippen MR) is 96.1 cm³/mol. The molecule has 0 heterocycles. The Morgan fingerprint density at radius 2 is 1.83 bits per heavy atom. The molecule has 0 saturated carbocycles. The summed E-state index contributed by atoms with van der Waals surface area (Å²) in [7, 11) is 0. The van der Waals surface area contributed by atoms with Crippen molar-refractivity contribution in [3.05, 3.63) is 58.6 Å². The van der Waals surface area contributed by atoms with Crippen molar-refractivity contribution in [2.45, 2.75) is 19.4 Å². The van der Waals surface area contributed by atoms with E-state index in [9.17, 15) is 4.79 Å². The molecule has 0 aliphatic carbocycles. The molecule has 1 amide bonds. The van der Waals surface area contributed by atoms with E-state index in [1.54, 1.807) is 36.4 Å². The van der Waals surface area contributed by atoms with E-state index in [1.807, 2.05) is 19.1 Å². The van der Waals surface area contributed by atoms with E-state index in [0.717, 1.165) is 0 Å². The number of para-hydroxylation sites is 1. The molecule has 0 spiro atoms. The van der Waals surface area contributed by atoms with Crippen LogP contribution in [0.2, 0.25) is 10.0 Å². The summed E-state index contributed by atoms with van der Waals surface area (Å²) >= 11 is 11.9. The molecule has 4 nitrogen and oxygen atoms in total. The molecule has 0 aliphatic rings. The number of benzene rings is 2. The highest BCUT2D eigenvalue weighted by molar-refractivity contribution is 6.32. The van der Waals surface area contributed by atoms with Gasteiger partial charge in [0.25, 0.3) is 5.91 Å². The van der Waals surface area contributed by atoms with Crippen LogP contribution in [0.15, 0.2) is 48.5 Å². The molecule has 24 heavy (non-hydrogen) atoms. The molecule has 128 valence electrons. The number of nitrogens with one attached hydrogen (secondary N) is 1. The Kier molecular flexibility index (Phi) is 7.22. The van der Waals surface area contributed by atoms with Crippen LogP contribution in [0, 0.1) is 0 Å². The third-order valence-electron chi connectivity index (χ3n) is 3.25. The highest BCUT2D eigenvalue weighted by Crippen LogP contribution is 2.24. The molecule has 0 radical (unpaired) electrons. The summed E-state index contributed by atoms with van der Waals surface area (Å²) in [6.45, 7) is 2.62. The smallest absolute Gasteiger partial charge is 0.261 e. The molecular weight excluding hydrogens is 349 g/mol. The third-order valence-corrected chi connectivity index (χ3v) is 3.82. The molecule has 0 bridgehead atoms. The zero-order chi connectivity index (χ0) is 17.4. The highest BCUT2D eigenvalue weighted by Gasteiger charge is 2.18. The average Bonchev–Trinajstić information content (AvgIpc) is 2.59. The van der Waals surface area contributed by atoms with E-state index in [1.165, 1.54) is 0 Å². The van der Waals surface area contributed by atoms with Gasteiger partial charge in [0.2, 0.25) is 0 Å². The SMILES string of the molecule is CC[C@@H](Oc1ccccc1Cl)C(=O)NCCOc1ccc(Cl)cc1. The quantitative estimate of drug-likeness (QED) is 0.705. The van der Waals surface area contributed by atoms with Crippen molar-refractivity contribution in [1.29, 1.82) is 0 Å². The van der Waals surface area contributed by atoms with Crippen LogP contribution in [-0.2, 0) is 4.79 Å². The van der Waals surface area contributed by atoms with Crippen LogP contribution >= 0.6 is 23.2 Å². The van der Waals surface area contributed by atoms with Gasteiger partial charge >= 0.3 is 0 Å². The van der Waals surface area contributed by atoms with Gasteiger partial charge in [-0.25, -0.2) is 0 Å². The maximum Gasteiger partial charge on any atom is 0.261 e. The first-order valence-electron chi connectivity index (χ1n) is 7.67. The van der Waals surface area contributed by atoms with Crippen LogP contribution in [0.1, 0.15) is 13.3 Å². The highest BCUT2D eigenvalue weighted by atomic mass is 35.5. The molecule has 0 saturated heterocycles. The number of carbonyl (C=O) groups is 1. The summed E-state index contributed by atoms with van der Waals surface area (Å²) < 4.78 is 11.2. The molecular formula is C18H19Cl2NO3. The first kappa shape index (κ1) is 18.4. The van der Waals surface area contributed by atoms with E-state index in [2.05, 4.69) is 5.32 Å². The fourth-order valence-electron chi connectivity index (χ4n) is 2.00. The summed E-state index contributed by atoms with van der Waals surface area (Å²) in [4.78, 5) is 12.2. The van der Waals surface area contributed by atoms with Gasteiger partial charge in [-0.1, -0.05) is 42.3 Å². The second kappa shape index (κ2) is 9.40. The number of carbonyl (C=O) groups excluding carboxylic acids is 1. The Hall–Kier alpha value is -1.91. The number of hydrogen-bond donors (Lipinski definition) is 1. The number of halogens is 2. The fourth-order valence-corrected chi connectivity index (χ4v) is 2.31. The number of amides is 1. The predicted octanol–water partition coefficient (Wildman–Crippen LogP) is 4.35. The van der Waals surface area contributed by atoms with Gasteiger partial charge in [-0.05, 0) is 42.8 Å². The molecule has 1 atom stereocenters. The van der Waals surface area contributed by atoms with Gasteiger partial charge in [-0.2, -0.15) is 0 Å². The molecule has 2 aromatic carbocycles. The van der Waals surface area contributed by atoms with Crippen LogP contribution in [0.5, 0.6) is 11.5 Å². The molecule has 0 aliphatic heterocycles.